The Hall–Kier alpha value is -0.570. The Morgan fingerprint density at radius 2 is 2.00 bits per heavy atom. The van der Waals surface area contributed by atoms with Crippen molar-refractivity contribution in [3.8, 4) is 0 Å². The van der Waals surface area contributed by atoms with Gasteiger partial charge >= 0.3 is 0 Å². The fraction of sp³-hybridized carbons (Fsp3) is 0.929. The van der Waals surface area contributed by atoms with Crippen LogP contribution in [-0.2, 0) is 4.79 Å². The van der Waals surface area contributed by atoms with E-state index >= 15 is 0 Å². The fourth-order valence-electron chi connectivity index (χ4n) is 3.55. The second-order valence-corrected chi connectivity index (χ2v) is 5.68. The van der Waals surface area contributed by atoms with Crippen LogP contribution in [0.5, 0.6) is 0 Å². The van der Waals surface area contributed by atoms with Crippen molar-refractivity contribution in [2.45, 2.75) is 70.4 Å². The number of hydrogen-bond acceptors (Lipinski definition) is 2. The first-order chi connectivity index (χ1) is 8.24. The van der Waals surface area contributed by atoms with Crippen LogP contribution < -0.4 is 5.73 Å². The monoisotopic (exact) mass is 238 g/mol. The van der Waals surface area contributed by atoms with Gasteiger partial charge in [-0.2, -0.15) is 0 Å². The Morgan fingerprint density at radius 3 is 2.76 bits per heavy atom. The Labute approximate surface area is 105 Å². The van der Waals surface area contributed by atoms with Gasteiger partial charge in [-0.25, -0.2) is 0 Å². The lowest BCUT2D eigenvalue weighted by Gasteiger charge is -2.45. The highest BCUT2D eigenvalue weighted by atomic mass is 16.2. The van der Waals surface area contributed by atoms with Crippen molar-refractivity contribution in [3.63, 3.8) is 0 Å². The first-order valence-corrected chi connectivity index (χ1v) is 7.30. The molecule has 0 aromatic carbocycles. The molecule has 0 aromatic rings. The lowest BCUT2D eigenvalue weighted by atomic mass is 9.78. The third-order valence-corrected chi connectivity index (χ3v) is 4.44. The minimum absolute atomic E-state index is 0.212. The number of carbonyl (C=O) groups is 1. The van der Waals surface area contributed by atoms with Gasteiger partial charge in [0.15, 0.2) is 0 Å². The van der Waals surface area contributed by atoms with Gasteiger partial charge in [0.25, 0.3) is 0 Å². The number of fused-ring (bicyclic) bond motifs is 1. The SMILES string of the molecule is CCCC(N)C(=O)N1CCCC2CCCCC21. The summed E-state index contributed by atoms with van der Waals surface area (Å²) in [7, 11) is 0. The quantitative estimate of drug-likeness (QED) is 0.820. The van der Waals surface area contributed by atoms with E-state index < -0.39 is 0 Å². The maximum Gasteiger partial charge on any atom is 0.239 e. The van der Waals surface area contributed by atoms with E-state index in [0.29, 0.717) is 6.04 Å². The van der Waals surface area contributed by atoms with Gasteiger partial charge < -0.3 is 10.6 Å². The molecule has 1 saturated heterocycles. The summed E-state index contributed by atoms with van der Waals surface area (Å²) in [5.74, 6) is 0.971. The zero-order chi connectivity index (χ0) is 12.3. The van der Waals surface area contributed by atoms with Crippen LogP contribution in [0.4, 0.5) is 0 Å². The van der Waals surface area contributed by atoms with Gasteiger partial charge in [-0.15, -0.1) is 0 Å². The lowest BCUT2D eigenvalue weighted by molar-refractivity contribution is -0.139. The molecular weight excluding hydrogens is 212 g/mol. The summed E-state index contributed by atoms with van der Waals surface area (Å²) in [5, 5.41) is 0. The van der Waals surface area contributed by atoms with Gasteiger partial charge in [-0.1, -0.05) is 26.2 Å². The standard InChI is InChI=1S/C14H26N2O/c1-2-6-12(15)14(17)16-10-5-8-11-7-3-4-9-13(11)16/h11-13H,2-10,15H2,1H3. The molecule has 0 aromatic heterocycles. The average molecular weight is 238 g/mol. The molecule has 3 unspecified atom stereocenters. The van der Waals surface area contributed by atoms with E-state index in [2.05, 4.69) is 11.8 Å². The second-order valence-electron chi connectivity index (χ2n) is 5.68. The van der Waals surface area contributed by atoms with Crippen LogP contribution in [0.2, 0.25) is 0 Å². The number of nitrogens with zero attached hydrogens (tertiary/aromatic N) is 1. The number of nitrogens with two attached hydrogens (primary N) is 1. The van der Waals surface area contributed by atoms with E-state index in [1.165, 1.54) is 38.5 Å². The van der Waals surface area contributed by atoms with Crippen LogP contribution in [-0.4, -0.2) is 29.4 Å². The number of rotatable bonds is 3. The summed E-state index contributed by atoms with van der Waals surface area (Å²) in [6.45, 7) is 3.03. The largest absolute Gasteiger partial charge is 0.338 e. The van der Waals surface area contributed by atoms with E-state index in [1.807, 2.05) is 0 Å². The van der Waals surface area contributed by atoms with E-state index in [-0.39, 0.29) is 11.9 Å². The molecule has 17 heavy (non-hydrogen) atoms. The van der Waals surface area contributed by atoms with Gasteiger partial charge in [0.2, 0.25) is 5.91 Å². The van der Waals surface area contributed by atoms with Crippen LogP contribution in [0, 0.1) is 5.92 Å². The summed E-state index contributed by atoms with van der Waals surface area (Å²) < 4.78 is 0. The summed E-state index contributed by atoms with van der Waals surface area (Å²) in [4.78, 5) is 14.5. The number of piperidine rings is 1. The third kappa shape index (κ3) is 2.82. The highest BCUT2D eigenvalue weighted by molar-refractivity contribution is 5.82. The zero-order valence-corrected chi connectivity index (χ0v) is 11.0. The molecular formula is C14H26N2O. The van der Waals surface area contributed by atoms with Crippen molar-refractivity contribution in [1.29, 1.82) is 0 Å². The summed E-state index contributed by atoms with van der Waals surface area (Å²) in [6, 6.07) is 0.244. The number of carbonyl (C=O) groups excluding carboxylic acids is 1. The summed E-state index contributed by atoms with van der Waals surface area (Å²) >= 11 is 0. The lowest BCUT2D eigenvalue weighted by Crippen LogP contribution is -2.54. The van der Waals surface area contributed by atoms with E-state index in [1.54, 1.807) is 0 Å². The number of likely N-dealkylation sites (tertiary alicyclic amines) is 1. The van der Waals surface area contributed by atoms with Crippen molar-refractivity contribution in [1.82, 2.24) is 4.90 Å². The topological polar surface area (TPSA) is 46.3 Å². The molecule has 2 fully saturated rings. The summed E-state index contributed by atoms with van der Waals surface area (Å²) in [5.41, 5.74) is 5.99. The van der Waals surface area contributed by atoms with E-state index in [9.17, 15) is 4.79 Å². The molecule has 2 rings (SSSR count). The van der Waals surface area contributed by atoms with Crippen molar-refractivity contribution < 1.29 is 4.79 Å². The van der Waals surface area contributed by atoms with Gasteiger partial charge in [0.1, 0.15) is 0 Å². The van der Waals surface area contributed by atoms with Crippen molar-refractivity contribution >= 4 is 5.91 Å². The Bertz CT molecular complexity index is 265. The van der Waals surface area contributed by atoms with E-state index in [4.69, 9.17) is 5.73 Å². The molecule has 0 radical (unpaired) electrons. The number of hydrogen-bond donors (Lipinski definition) is 1. The van der Waals surface area contributed by atoms with Crippen LogP contribution in [0.3, 0.4) is 0 Å². The molecule has 2 aliphatic rings. The first-order valence-electron chi connectivity index (χ1n) is 7.30. The van der Waals surface area contributed by atoms with Crippen LogP contribution in [0.1, 0.15) is 58.3 Å². The Morgan fingerprint density at radius 1 is 1.29 bits per heavy atom. The molecule has 3 heteroatoms. The smallest absolute Gasteiger partial charge is 0.239 e. The normalized spacial score (nSPS) is 30.8. The number of amides is 1. The third-order valence-electron chi connectivity index (χ3n) is 4.44. The highest BCUT2D eigenvalue weighted by Gasteiger charge is 2.36. The van der Waals surface area contributed by atoms with Crippen molar-refractivity contribution in [3.05, 3.63) is 0 Å². The molecule has 1 aliphatic heterocycles. The second kappa shape index (κ2) is 5.85. The van der Waals surface area contributed by atoms with Crippen LogP contribution in [0.25, 0.3) is 0 Å². The molecule has 0 bridgehead atoms. The zero-order valence-electron chi connectivity index (χ0n) is 11.0. The van der Waals surface area contributed by atoms with Crippen LogP contribution >= 0.6 is 0 Å². The summed E-state index contributed by atoms with van der Waals surface area (Å²) in [6.07, 6.45) is 9.47. The predicted molar refractivity (Wildman–Crippen MR) is 69.6 cm³/mol. The highest BCUT2D eigenvalue weighted by Crippen LogP contribution is 2.35. The minimum Gasteiger partial charge on any atom is -0.338 e. The van der Waals surface area contributed by atoms with E-state index in [0.717, 1.165) is 25.3 Å². The van der Waals surface area contributed by atoms with Crippen molar-refractivity contribution in [2.75, 3.05) is 6.54 Å². The molecule has 3 atom stereocenters. The molecule has 2 N–H and O–H groups in total. The average Bonchev–Trinajstić information content (AvgIpc) is 2.37. The molecule has 98 valence electrons. The van der Waals surface area contributed by atoms with Gasteiger partial charge in [0, 0.05) is 12.6 Å². The van der Waals surface area contributed by atoms with Crippen LogP contribution in [0.15, 0.2) is 0 Å². The maximum absolute atomic E-state index is 12.3. The molecule has 3 nitrogen and oxygen atoms in total. The molecule has 1 amide bonds. The molecule has 0 spiro atoms. The van der Waals surface area contributed by atoms with Crippen molar-refractivity contribution in [2.24, 2.45) is 11.7 Å². The van der Waals surface area contributed by atoms with Gasteiger partial charge in [-0.3, -0.25) is 4.79 Å². The molecule has 1 aliphatic carbocycles. The fourth-order valence-corrected chi connectivity index (χ4v) is 3.55. The van der Waals surface area contributed by atoms with Gasteiger partial charge in [0.05, 0.1) is 6.04 Å². The molecule has 1 saturated carbocycles. The predicted octanol–water partition coefficient (Wildman–Crippen LogP) is 2.29. The Kier molecular flexibility index (Phi) is 4.43. The molecule has 1 heterocycles. The Balaban J connectivity index is 2.00. The maximum atomic E-state index is 12.3. The minimum atomic E-state index is -0.263. The van der Waals surface area contributed by atoms with Gasteiger partial charge in [-0.05, 0) is 38.0 Å². The first kappa shape index (κ1) is 12.9.